The Balaban J connectivity index is 0.000000291. The second-order valence-corrected chi connectivity index (χ2v) is 1.37. The van der Waals surface area contributed by atoms with Crippen LogP contribution in [0.4, 0.5) is 0 Å². The van der Waals surface area contributed by atoms with E-state index in [4.69, 9.17) is 0 Å². The second-order valence-electron chi connectivity index (χ2n) is 1.37. The molecule has 1 aromatic rings. The van der Waals surface area contributed by atoms with E-state index < -0.39 is 0 Å². The zero-order chi connectivity index (χ0) is 7.11. The van der Waals surface area contributed by atoms with Crippen molar-refractivity contribution in [2.45, 2.75) is 13.8 Å². The Morgan fingerprint density at radius 1 is 1.22 bits per heavy atom. The van der Waals surface area contributed by atoms with Crippen molar-refractivity contribution < 1.29 is 4.68 Å². The van der Waals surface area contributed by atoms with E-state index in [1.165, 1.54) is 0 Å². The van der Waals surface area contributed by atoms with E-state index in [2.05, 4.69) is 5.10 Å². The van der Waals surface area contributed by atoms with Crippen LogP contribution in [0.15, 0.2) is 24.5 Å². The van der Waals surface area contributed by atoms with Crippen LogP contribution < -0.4 is 4.68 Å². The number of aromatic nitrogens is 2. The van der Waals surface area contributed by atoms with E-state index in [1.807, 2.05) is 39.2 Å². The standard InChI is InChI=1S/C5H7N2.C2H6/c1-7-5-3-2-4-6-7;1-2/h2-5H,1H3;1-2H3/q+1;. The highest BCUT2D eigenvalue weighted by atomic mass is 15.2. The van der Waals surface area contributed by atoms with Crippen molar-refractivity contribution in [1.82, 2.24) is 5.10 Å². The summed E-state index contributed by atoms with van der Waals surface area (Å²) in [6, 6.07) is 3.83. The zero-order valence-corrected chi connectivity index (χ0v) is 6.20. The van der Waals surface area contributed by atoms with E-state index in [-0.39, 0.29) is 0 Å². The fourth-order valence-corrected chi connectivity index (χ4v) is 0.406. The van der Waals surface area contributed by atoms with Crippen molar-refractivity contribution in [3.05, 3.63) is 24.5 Å². The van der Waals surface area contributed by atoms with Gasteiger partial charge in [-0.1, -0.05) is 18.5 Å². The van der Waals surface area contributed by atoms with Gasteiger partial charge >= 0.3 is 0 Å². The number of hydrogen-bond acceptors (Lipinski definition) is 1. The molecule has 0 bridgehead atoms. The highest BCUT2D eigenvalue weighted by Crippen LogP contribution is 1.66. The van der Waals surface area contributed by atoms with Gasteiger partial charge in [0, 0.05) is 6.07 Å². The van der Waals surface area contributed by atoms with Crippen molar-refractivity contribution >= 4 is 0 Å². The van der Waals surface area contributed by atoms with Gasteiger partial charge in [0.2, 0.25) is 0 Å². The van der Waals surface area contributed by atoms with E-state index in [9.17, 15) is 0 Å². The minimum atomic E-state index is 1.75. The first kappa shape index (κ1) is 8.08. The Kier molecular flexibility index (Phi) is 4.69. The van der Waals surface area contributed by atoms with Crippen LogP contribution in [-0.4, -0.2) is 5.10 Å². The molecule has 0 aromatic carbocycles. The van der Waals surface area contributed by atoms with Crippen molar-refractivity contribution in [3.8, 4) is 0 Å². The summed E-state index contributed by atoms with van der Waals surface area (Å²) in [5.74, 6) is 0. The fourth-order valence-electron chi connectivity index (χ4n) is 0.406. The number of rotatable bonds is 0. The summed E-state index contributed by atoms with van der Waals surface area (Å²) in [4.78, 5) is 0. The zero-order valence-electron chi connectivity index (χ0n) is 6.20. The Morgan fingerprint density at radius 2 is 1.89 bits per heavy atom. The topological polar surface area (TPSA) is 16.8 Å². The van der Waals surface area contributed by atoms with Crippen LogP contribution in [-0.2, 0) is 7.05 Å². The molecule has 0 aliphatic heterocycles. The number of aryl methyl sites for hydroxylation is 1. The average molecular weight is 125 g/mol. The van der Waals surface area contributed by atoms with Gasteiger partial charge in [0.25, 0.3) is 0 Å². The van der Waals surface area contributed by atoms with E-state index >= 15 is 0 Å². The number of nitrogens with zero attached hydrogens (tertiary/aromatic N) is 2. The molecule has 1 heterocycles. The van der Waals surface area contributed by atoms with Gasteiger partial charge in [-0.15, -0.1) is 0 Å². The molecule has 2 heteroatoms. The third-order valence-electron chi connectivity index (χ3n) is 0.748. The lowest BCUT2D eigenvalue weighted by Gasteiger charge is -1.75. The summed E-state index contributed by atoms with van der Waals surface area (Å²) in [5, 5.41) is 3.90. The third-order valence-corrected chi connectivity index (χ3v) is 0.748. The molecule has 1 aromatic heterocycles. The third kappa shape index (κ3) is 3.64. The summed E-state index contributed by atoms with van der Waals surface area (Å²) in [7, 11) is 1.89. The maximum atomic E-state index is 3.90. The van der Waals surface area contributed by atoms with Crippen molar-refractivity contribution in [3.63, 3.8) is 0 Å². The van der Waals surface area contributed by atoms with Crippen LogP contribution in [0.5, 0.6) is 0 Å². The molecule has 0 aliphatic carbocycles. The first-order valence-electron chi connectivity index (χ1n) is 3.16. The summed E-state index contributed by atoms with van der Waals surface area (Å²) in [6.07, 6.45) is 3.64. The first-order valence-corrected chi connectivity index (χ1v) is 3.16. The van der Waals surface area contributed by atoms with Crippen LogP contribution in [0.25, 0.3) is 0 Å². The second kappa shape index (κ2) is 5.22. The minimum absolute atomic E-state index is 1.75. The normalized spacial score (nSPS) is 7.44. The van der Waals surface area contributed by atoms with Gasteiger partial charge in [0.05, 0.1) is 6.20 Å². The monoisotopic (exact) mass is 125 g/mol. The van der Waals surface area contributed by atoms with Crippen molar-refractivity contribution in [1.29, 1.82) is 0 Å². The Morgan fingerprint density at radius 3 is 2.11 bits per heavy atom. The van der Waals surface area contributed by atoms with Gasteiger partial charge in [-0.05, 0) is 11.2 Å². The van der Waals surface area contributed by atoms with Crippen LogP contribution in [0, 0.1) is 0 Å². The van der Waals surface area contributed by atoms with Gasteiger partial charge in [-0.3, -0.25) is 0 Å². The summed E-state index contributed by atoms with van der Waals surface area (Å²) in [5.41, 5.74) is 0. The highest BCUT2D eigenvalue weighted by molar-refractivity contribution is 4.76. The fraction of sp³-hybridized carbons (Fsp3) is 0.429. The molecule has 50 valence electrons. The Hall–Kier alpha value is -0.920. The molecule has 0 atom stereocenters. The van der Waals surface area contributed by atoms with Gasteiger partial charge in [-0.25, -0.2) is 0 Å². The highest BCUT2D eigenvalue weighted by Gasteiger charge is 1.80. The van der Waals surface area contributed by atoms with Gasteiger partial charge < -0.3 is 0 Å². The first-order chi connectivity index (χ1) is 4.39. The van der Waals surface area contributed by atoms with E-state index in [0.717, 1.165) is 0 Å². The molecular weight excluding hydrogens is 112 g/mol. The maximum absolute atomic E-state index is 3.90. The minimum Gasteiger partial charge on any atom is -0.0941 e. The molecule has 0 aliphatic rings. The van der Waals surface area contributed by atoms with E-state index in [0.29, 0.717) is 0 Å². The van der Waals surface area contributed by atoms with Crippen LogP contribution in [0.3, 0.4) is 0 Å². The smallest absolute Gasteiger partial charge is 0.0941 e. The molecular formula is C7H13N2+. The molecule has 0 unspecified atom stereocenters. The lowest BCUT2D eigenvalue weighted by Crippen LogP contribution is -2.30. The molecule has 1 rings (SSSR count). The molecule has 9 heavy (non-hydrogen) atoms. The maximum Gasteiger partial charge on any atom is 0.195 e. The van der Waals surface area contributed by atoms with Gasteiger partial charge in [0.1, 0.15) is 0 Å². The van der Waals surface area contributed by atoms with Crippen LogP contribution >= 0.6 is 0 Å². The molecule has 0 saturated heterocycles. The molecule has 0 radical (unpaired) electrons. The van der Waals surface area contributed by atoms with E-state index in [1.54, 1.807) is 10.9 Å². The average Bonchev–Trinajstić information content (AvgIpc) is 1.94. The lowest BCUT2D eigenvalue weighted by molar-refractivity contribution is -0.730. The summed E-state index contributed by atoms with van der Waals surface area (Å²) < 4.78 is 1.75. The lowest BCUT2D eigenvalue weighted by atomic mass is 10.6. The van der Waals surface area contributed by atoms with Crippen molar-refractivity contribution in [2.24, 2.45) is 7.05 Å². The SMILES string of the molecule is CC.C[n+]1ccccn1. The van der Waals surface area contributed by atoms with Gasteiger partial charge in [0.15, 0.2) is 13.2 Å². The van der Waals surface area contributed by atoms with Gasteiger partial charge in [-0.2, -0.15) is 0 Å². The Labute approximate surface area is 56.1 Å². The van der Waals surface area contributed by atoms with Crippen LogP contribution in [0.2, 0.25) is 0 Å². The molecule has 0 spiro atoms. The van der Waals surface area contributed by atoms with Crippen molar-refractivity contribution in [2.75, 3.05) is 0 Å². The van der Waals surface area contributed by atoms with Crippen LogP contribution in [0.1, 0.15) is 13.8 Å². The summed E-state index contributed by atoms with van der Waals surface area (Å²) >= 11 is 0. The predicted octanol–water partition coefficient (Wildman–Crippen LogP) is 0.932. The molecule has 0 fully saturated rings. The molecule has 0 N–H and O–H groups in total. The molecule has 0 saturated carbocycles. The predicted molar refractivity (Wildman–Crippen MR) is 36.8 cm³/mol. The Bertz CT molecular complexity index is 137. The largest absolute Gasteiger partial charge is 0.195 e. The molecule has 0 amide bonds. The molecule has 2 nitrogen and oxygen atoms in total. The quantitative estimate of drug-likeness (QED) is 0.471. The number of hydrogen-bond donors (Lipinski definition) is 0. The summed E-state index contributed by atoms with van der Waals surface area (Å²) in [6.45, 7) is 4.00.